The van der Waals surface area contributed by atoms with Crippen LogP contribution in [0.4, 0.5) is 0 Å². The number of nitrogens with one attached hydrogen (secondary N) is 2. The van der Waals surface area contributed by atoms with E-state index in [1.165, 1.54) is 4.88 Å². The molecule has 0 aliphatic carbocycles. The Bertz CT molecular complexity index is 379. The van der Waals surface area contributed by atoms with Crippen molar-refractivity contribution in [1.82, 2.24) is 20.5 Å². The monoisotopic (exact) mass is 208 g/mol. The second kappa shape index (κ2) is 4.34. The Morgan fingerprint density at radius 3 is 3.07 bits per heavy atom. The highest BCUT2D eigenvalue weighted by Crippen LogP contribution is 2.10. The van der Waals surface area contributed by atoms with Crippen molar-refractivity contribution in [2.24, 2.45) is 0 Å². The Kier molecular flexibility index (Phi) is 2.90. The molecule has 0 radical (unpaired) electrons. The first kappa shape index (κ1) is 9.36. The predicted octanol–water partition coefficient (Wildman–Crippen LogP) is 1.46. The normalized spacial score (nSPS) is 10.6. The van der Waals surface area contributed by atoms with E-state index < -0.39 is 0 Å². The van der Waals surface area contributed by atoms with Gasteiger partial charge in [-0.25, -0.2) is 4.98 Å². The summed E-state index contributed by atoms with van der Waals surface area (Å²) in [5.41, 5.74) is 1.10. The minimum Gasteiger partial charge on any atom is -0.305 e. The number of nitrogens with zero attached hydrogens (tertiary/aromatic N) is 2. The molecule has 2 rings (SSSR count). The summed E-state index contributed by atoms with van der Waals surface area (Å²) in [6, 6.07) is 1.96. The van der Waals surface area contributed by atoms with E-state index in [0.717, 1.165) is 23.8 Å². The molecule has 2 aromatic rings. The minimum absolute atomic E-state index is 0.804. The zero-order valence-electron chi connectivity index (χ0n) is 7.95. The third-order valence-corrected chi connectivity index (χ3v) is 2.73. The summed E-state index contributed by atoms with van der Waals surface area (Å²) in [5.74, 6) is 0. The number of hydrogen-bond acceptors (Lipinski definition) is 4. The Balaban J connectivity index is 1.78. The van der Waals surface area contributed by atoms with Gasteiger partial charge in [-0.2, -0.15) is 5.10 Å². The molecule has 0 saturated heterocycles. The summed E-state index contributed by atoms with van der Waals surface area (Å²) in [6.45, 7) is 3.69. The third-order valence-electron chi connectivity index (χ3n) is 1.82. The number of aromatic amines is 1. The lowest BCUT2D eigenvalue weighted by atomic mass is 10.4. The summed E-state index contributed by atoms with van der Waals surface area (Å²) >= 11 is 1.73. The molecule has 0 unspecified atom stereocenters. The van der Waals surface area contributed by atoms with Crippen molar-refractivity contribution >= 4 is 11.3 Å². The maximum Gasteiger partial charge on any atom is 0.107 e. The molecule has 4 nitrogen and oxygen atoms in total. The summed E-state index contributed by atoms with van der Waals surface area (Å²) < 4.78 is 0. The maximum absolute atomic E-state index is 4.26. The molecule has 0 bridgehead atoms. The van der Waals surface area contributed by atoms with Crippen LogP contribution >= 0.6 is 11.3 Å². The molecule has 2 aromatic heterocycles. The van der Waals surface area contributed by atoms with Crippen LogP contribution in [0.1, 0.15) is 15.6 Å². The van der Waals surface area contributed by atoms with Crippen LogP contribution in [0.3, 0.4) is 0 Å². The largest absolute Gasteiger partial charge is 0.305 e. The second-order valence-electron chi connectivity index (χ2n) is 3.05. The van der Waals surface area contributed by atoms with Crippen LogP contribution in [0.15, 0.2) is 18.5 Å². The van der Waals surface area contributed by atoms with E-state index >= 15 is 0 Å². The van der Waals surface area contributed by atoms with Gasteiger partial charge in [-0.05, 0) is 13.0 Å². The van der Waals surface area contributed by atoms with E-state index in [1.807, 2.05) is 12.3 Å². The quantitative estimate of drug-likeness (QED) is 0.800. The van der Waals surface area contributed by atoms with Gasteiger partial charge in [-0.1, -0.05) is 0 Å². The van der Waals surface area contributed by atoms with Crippen LogP contribution in [0.2, 0.25) is 0 Å². The zero-order chi connectivity index (χ0) is 9.80. The Labute approximate surface area is 86.4 Å². The van der Waals surface area contributed by atoms with Crippen LogP contribution < -0.4 is 5.32 Å². The fourth-order valence-electron chi connectivity index (χ4n) is 1.17. The minimum atomic E-state index is 0.804. The molecule has 0 aromatic carbocycles. The molecule has 0 amide bonds. The van der Waals surface area contributed by atoms with Gasteiger partial charge in [0.25, 0.3) is 0 Å². The van der Waals surface area contributed by atoms with Crippen LogP contribution in [-0.2, 0) is 13.1 Å². The number of aryl methyl sites for hydroxylation is 1. The van der Waals surface area contributed by atoms with Gasteiger partial charge in [-0.15, -0.1) is 11.3 Å². The van der Waals surface area contributed by atoms with Gasteiger partial charge >= 0.3 is 0 Å². The van der Waals surface area contributed by atoms with E-state index in [1.54, 1.807) is 17.5 Å². The Morgan fingerprint density at radius 2 is 2.43 bits per heavy atom. The van der Waals surface area contributed by atoms with Crippen LogP contribution in [0.25, 0.3) is 0 Å². The third kappa shape index (κ3) is 2.40. The molecule has 2 N–H and O–H groups in total. The van der Waals surface area contributed by atoms with Crippen molar-refractivity contribution in [3.05, 3.63) is 34.0 Å². The van der Waals surface area contributed by atoms with E-state index in [4.69, 9.17) is 0 Å². The number of H-pyrrole nitrogens is 1. The van der Waals surface area contributed by atoms with E-state index in [2.05, 4.69) is 27.4 Å². The van der Waals surface area contributed by atoms with Gasteiger partial charge in [0, 0.05) is 36.1 Å². The molecule has 0 saturated carbocycles. The molecule has 14 heavy (non-hydrogen) atoms. The zero-order valence-corrected chi connectivity index (χ0v) is 8.77. The average Bonchev–Trinajstić information content (AvgIpc) is 2.77. The predicted molar refractivity (Wildman–Crippen MR) is 56.0 cm³/mol. The van der Waals surface area contributed by atoms with E-state index in [0.29, 0.717) is 0 Å². The summed E-state index contributed by atoms with van der Waals surface area (Å²) in [7, 11) is 0. The number of aromatic nitrogens is 3. The Morgan fingerprint density at radius 1 is 1.50 bits per heavy atom. The fraction of sp³-hybridized carbons (Fsp3) is 0.333. The molecule has 2 heterocycles. The highest BCUT2D eigenvalue weighted by atomic mass is 32.1. The van der Waals surface area contributed by atoms with Gasteiger partial charge in [0.05, 0.1) is 0 Å². The molecule has 0 fully saturated rings. The van der Waals surface area contributed by atoms with Crippen molar-refractivity contribution in [2.75, 3.05) is 0 Å². The lowest BCUT2D eigenvalue weighted by Gasteiger charge is -1.98. The molecular formula is C9H12N4S. The molecule has 0 aliphatic rings. The van der Waals surface area contributed by atoms with Gasteiger partial charge in [0.15, 0.2) is 0 Å². The fourth-order valence-corrected chi connectivity index (χ4v) is 1.93. The second-order valence-corrected chi connectivity index (χ2v) is 4.37. The first-order valence-electron chi connectivity index (χ1n) is 4.45. The van der Waals surface area contributed by atoms with Crippen molar-refractivity contribution in [2.45, 2.75) is 20.0 Å². The number of rotatable bonds is 4. The van der Waals surface area contributed by atoms with Gasteiger partial charge in [0.1, 0.15) is 5.01 Å². The lowest BCUT2D eigenvalue weighted by Crippen LogP contribution is -2.12. The summed E-state index contributed by atoms with van der Waals surface area (Å²) in [4.78, 5) is 5.52. The van der Waals surface area contributed by atoms with Crippen LogP contribution in [0.5, 0.6) is 0 Å². The van der Waals surface area contributed by atoms with Gasteiger partial charge < -0.3 is 5.32 Å². The molecule has 0 spiro atoms. The average molecular weight is 208 g/mol. The van der Waals surface area contributed by atoms with Gasteiger partial charge in [-0.3, -0.25) is 5.10 Å². The molecule has 74 valence electrons. The maximum atomic E-state index is 4.26. The summed E-state index contributed by atoms with van der Waals surface area (Å²) in [6.07, 6.45) is 3.66. The van der Waals surface area contributed by atoms with Crippen LogP contribution in [-0.4, -0.2) is 15.2 Å². The Hall–Kier alpha value is -1.20. The highest BCUT2D eigenvalue weighted by Gasteiger charge is 1.98. The highest BCUT2D eigenvalue weighted by molar-refractivity contribution is 7.11. The number of hydrogen-bond donors (Lipinski definition) is 2. The first-order chi connectivity index (χ1) is 6.84. The van der Waals surface area contributed by atoms with Crippen LogP contribution in [0, 0.1) is 6.92 Å². The molecule has 0 atom stereocenters. The van der Waals surface area contributed by atoms with Crippen molar-refractivity contribution in [3.63, 3.8) is 0 Å². The molecular weight excluding hydrogens is 196 g/mol. The van der Waals surface area contributed by atoms with Crippen molar-refractivity contribution in [3.8, 4) is 0 Å². The van der Waals surface area contributed by atoms with Crippen molar-refractivity contribution in [1.29, 1.82) is 0 Å². The summed E-state index contributed by atoms with van der Waals surface area (Å²) in [5, 5.41) is 11.2. The molecule has 0 aliphatic heterocycles. The topological polar surface area (TPSA) is 53.6 Å². The lowest BCUT2D eigenvalue weighted by molar-refractivity contribution is 0.674. The SMILES string of the molecule is Cc1cnc(CNCc2ccn[nH]2)s1. The smallest absolute Gasteiger partial charge is 0.107 e. The number of thiazole rings is 1. The van der Waals surface area contributed by atoms with Gasteiger partial charge in [0.2, 0.25) is 0 Å². The van der Waals surface area contributed by atoms with E-state index in [-0.39, 0.29) is 0 Å². The van der Waals surface area contributed by atoms with Crippen molar-refractivity contribution < 1.29 is 0 Å². The standard InChI is InChI=1S/C9H12N4S/c1-7-4-11-9(14-7)6-10-5-8-2-3-12-13-8/h2-4,10H,5-6H2,1H3,(H,12,13). The molecule has 5 heteroatoms. The first-order valence-corrected chi connectivity index (χ1v) is 5.26. The van der Waals surface area contributed by atoms with E-state index in [9.17, 15) is 0 Å².